The number of hydrogen-bond donors (Lipinski definition) is 0. The molecule has 0 radical (unpaired) electrons. The lowest BCUT2D eigenvalue weighted by molar-refractivity contribution is -0.198. The second kappa shape index (κ2) is 3.81. The fourth-order valence-electron chi connectivity index (χ4n) is 3.46. The minimum atomic E-state index is -0.258. The largest absolute Gasteiger partial charge is 0.347 e. The van der Waals surface area contributed by atoms with Gasteiger partial charge in [0.05, 0.1) is 17.3 Å². The molecule has 0 N–H and O–H groups in total. The van der Waals surface area contributed by atoms with Gasteiger partial charge >= 0.3 is 0 Å². The van der Waals surface area contributed by atoms with Crippen molar-refractivity contribution in [1.29, 1.82) is 0 Å². The van der Waals surface area contributed by atoms with E-state index in [9.17, 15) is 0 Å². The Morgan fingerprint density at radius 2 is 1.50 bits per heavy atom. The van der Waals surface area contributed by atoms with Crippen molar-refractivity contribution in [3.05, 3.63) is 0 Å². The van der Waals surface area contributed by atoms with E-state index in [-0.39, 0.29) is 5.79 Å². The molecule has 2 heterocycles. The van der Waals surface area contributed by atoms with Gasteiger partial charge in [0.2, 0.25) is 0 Å². The highest BCUT2D eigenvalue weighted by atomic mass is 32.2. The SMILES string of the molecule is CC1(C)CC2(CC3(C1)SCCS3)OCCO2. The Labute approximate surface area is 106 Å². The average Bonchev–Trinajstić information content (AvgIpc) is 2.73. The molecular formula is C12H20O2S2. The van der Waals surface area contributed by atoms with E-state index < -0.39 is 0 Å². The second-order valence-electron chi connectivity index (χ2n) is 5.91. The van der Waals surface area contributed by atoms with Crippen LogP contribution in [0.2, 0.25) is 0 Å². The summed E-state index contributed by atoms with van der Waals surface area (Å²) in [6, 6.07) is 0. The summed E-state index contributed by atoms with van der Waals surface area (Å²) in [6.07, 6.45) is 3.44. The van der Waals surface area contributed by atoms with Gasteiger partial charge in [0.25, 0.3) is 0 Å². The van der Waals surface area contributed by atoms with Crippen molar-refractivity contribution in [2.45, 2.75) is 43.0 Å². The highest BCUT2D eigenvalue weighted by Gasteiger charge is 2.56. The van der Waals surface area contributed by atoms with E-state index in [1.807, 2.05) is 0 Å². The Kier molecular flexibility index (Phi) is 2.78. The van der Waals surface area contributed by atoms with Crippen molar-refractivity contribution in [2.24, 2.45) is 5.41 Å². The van der Waals surface area contributed by atoms with Gasteiger partial charge in [-0.3, -0.25) is 0 Å². The zero-order valence-electron chi connectivity index (χ0n) is 10.1. The van der Waals surface area contributed by atoms with Gasteiger partial charge in [-0.15, -0.1) is 23.5 Å². The summed E-state index contributed by atoms with van der Waals surface area (Å²) in [5.74, 6) is 2.32. The molecule has 0 unspecified atom stereocenters. The highest BCUT2D eigenvalue weighted by molar-refractivity contribution is 8.21. The number of hydrogen-bond acceptors (Lipinski definition) is 4. The van der Waals surface area contributed by atoms with E-state index in [1.54, 1.807) is 0 Å². The number of thioether (sulfide) groups is 2. The van der Waals surface area contributed by atoms with Gasteiger partial charge in [-0.05, 0) is 11.8 Å². The smallest absolute Gasteiger partial charge is 0.171 e. The first kappa shape index (κ1) is 11.7. The molecule has 0 aromatic rings. The zero-order valence-corrected chi connectivity index (χ0v) is 11.7. The molecule has 3 aliphatic rings. The van der Waals surface area contributed by atoms with Gasteiger partial charge in [-0.2, -0.15) is 0 Å². The van der Waals surface area contributed by atoms with Crippen LogP contribution in [0.3, 0.4) is 0 Å². The van der Waals surface area contributed by atoms with Crippen LogP contribution in [0.15, 0.2) is 0 Å². The van der Waals surface area contributed by atoms with E-state index in [2.05, 4.69) is 37.4 Å². The monoisotopic (exact) mass is 260 g/mol. The second-order valence-corrected chi connectivity index (χ2v) is 9.12. The maximum Gasteiger partial charge on any atom is 0.171 e. The Morgan fingerprint density at radius 1 is 0.875 bits per heavy atom. The molecular weight excluding hydrogens is 240 g/mol. The third kappa shape index (κ3) is 2.02. The van der Waals surface area contributed by atoms with E-state index in [1.165, 1.54) is 17.9 Å². The summed E-state index contributed by atoms with van der Waals surface area (Å²) in [4.78, 5) is 0. The Morgan fingerprint density at radius 3 is 2.12 bits per heavy atom. The molecule has 1 aliphatic carbocycles. The first-order valence-corrected chi connectivity index (χ1v) is 8.06. The van der Waals surface area contributed by atoms with Crippen molar-refractivity contribution in [3.63, 3.8) is 0 Å². The zero-order chi connectivity index (χ0) is 11.3. The predicted molar refractivity (Wildman–Crippen MR) is 69.9 cm³/mol. The summed E-state index contributed by atoms with van der Waals surface area (Å²) in [6.45, 7) is 6.28. The quantitative estimate of drug-likeness (QED) is 0.666. The molecule has 0 amide bonds. The lowest BCUT2D eigenvalue weighted by Crippen LogP contribution is -2.48. The molecule has 92 valence electrons. The van der Waals surface area contributed by atoms with Crippen molar-refractivity contribution >= 4 is 23.5 Å². The maximum absolute atomic E-state index is 5.95. The molecule has 3 fully saturated rings. The molecule has 2 spiro atoms. The Bertz CT molecular complexity index is 253. The molecule has 0 aromatic heterocycles. The van der Waals surface area contributed by atoms with Crippen LogP contribution in [0.5, 0.6) is 0 Å². The maximum atomic E-state index is 5.95. The molecule has 4 heteroatoms. The van der Waals surface area contributed by atoms with Crippen molar-refractivity contribution in [3.8, 4) is 0 Å². The van der Waals surface area contributed by atoms with Crippen LogP contribution in [0.4, 0.5) is 0 Å². The molecule has 2 saturated heterocycles. The molecule has 2 aliphatic heterocycles. The summed E-state index contributed by atoms with van der Waals surface area (Å²) in [5, 5.41) is 0. The summed E-state index contributed by atoms with van der Waals surface area (Å²) >= 11 is 4.26. The van der Waals surface area contributed by atoms with Gasteiger partial charge in [0, 0.05) is 24.3 Å². The van der Waals surface area contributed by atoms with Crippen LogP contribution in [0, 0.1) is 5.41 Å². The standard InChI is InChI=1S/C12H20O2S2/c1-10(2)7-11(13-3-4-14-11)9-12(8-10)15-5-6-16-12/h3-9H2,1-2H3. The van der Waals surface area contributed by atoms with Crippen molar-refractivity contribution < 1.29 is 9.47 Å². The van der Waals surface area contributed by atoms with Gasteiger partial charge < -0.3 is 9.47 Å². The Balaban J connectivity index is 1.87. The third-order valence-corrected chi connectivity index (χ3v) is 7.07. The molecule has 0 atom stereocenters. The number of rotatable bonds is 0. The molecule has 3 rings (SSSR count). The molecule has 0 aromatic carbocycles. The molecule has 2 nitrogen and oxygen atoms in total. The summed E-state index contributed by atoms with van der Waals surface area (Å²) in [5.41, 5.74) is 0.340. The van der Waals surface area contributed by atoms with Gasteiger partial charge in [-0.1, -0.05) is 13.8 Å². The van der Waals surface area contributed by atoms with E-state index in [0.29, 0.717) is 9.49 Å². The first-order valence-electron chi connectivity index (χ1n) is 6.09. The van der Waals surface area contributed by atoms with Crippen LogP contribution in [-0.4, -0.2) is 34.6 Å². The average molecular weight is 260 g/mol. The fraction of sp³-hybridized carbons (Fsp3) is 1.00. The first-order chi connectivity index (χ1) is 7.54. The molecule has 0 bridgehead atoms. The highest BCUT2D eigenvalue weighted by Crippen LogP contribution is 2.61. The normalized spacial score (nSPS) is 34.9. The van der Waals surface area contributed by atoms with Crippen LogP contribution in [0.1, 0.15) is 33.1 Å². The molecule has 1 saturated carbocycles. The van der Waals surface area contributed by atoms with Crippen LogP contribution < -0.4 is 0 Å². The topological polar surface area (TPSA) is 18.5 Å². The van der Waals surface area contributed by atoms with Gasteiger partial charge in [0.15, 0.2) is 5.79 Å². The van der Waals surface area contributed by atoms with Crippen LogP contribution in [-0.2, 0) is 9.47 Å². The van der Waals surface area contributed by atoms with Gasteiger partial charge in [0.1, 0.15) is 0 Å². The molecule has 16 heavy (non-hydrogen) atoms. The predicted octanol–water partition coefficient (Wildman–Crippen LogP) is 3.12. The lowest BCUT2D eigenvalue weighted by Gasteiger charge is -2.49. The minimum absolute atomic E-state index is 0.258. The third-order valence-electron chi connectivity index (χ3n) is 3.66. The summed E-state index contributed by atoms with van der Waals surface area (Å²) in [7, 11) is 0. The fourth-order valence-corrected chi connectivity index (χ4v) is 7.33. The minimum Gasteiger partial charge on any atom is -0.347 e. The van der Waals surface area contributed by atoms with E-state index >= 15 is 0 Å². The Hall–Kier alpha value is 0.620. The lowest BCUT2D eigenvalue weighted by atomic mass is 9.73. The number of ether oxygens (including phenoxy) is 2. The summed E-state index contributed by atoms with van der Waals surface area (Å²) < 4.78 is 12.3. The van der Waals surface area contributed by atoms with E-state index in [0.717, 1.165) is 26.1 Å². The van der Waals surface area contributed by atoms with E-state index in [4.69, 9.17) is 9.47 Å². The van der Waals surface area contributed by atoms with Gasteiger partial charge in [-0.25, -0.2) is 0 Å². The van der Waals surface area contributed by atoms with Crippen LogP contribution >= 0.6 is 23.5 Å². The van der Waals surface area contributed by atoms with Crippen molar-refractivity contribution in [2.75, 3.05) is 24.7 Å². The van der Waals surface area contributed by atoms with Crippen molar-refractivity contribution in [1.82, 2.24) is 0 Å². The van der Waals surface area contributed by atoms with Crippen LogP contribution in [0.25, 0.3) is 0 Å².